The monoisotopic (exact) mass is 600 g/mol. The van der Waals surface area contributed by atoms with Gasteiger partial charge in [-0.05, 0) is 60.0 Å². The molecule has 5 rings (SSSR count). The first kappa shape index (κ1) is 29.1. The molecule has 2 heterocycles. The van der Waals surface area contributed by atoms with Crippen LogP contribution in [0.1, 0.15) is 32.3 Å². The van der Waals surface area contributed by atoms with E-state index >= 15 is 0 Å². The van der Waals surface area contributed by atoms with Crippen LogP contribution >= 0.6 is 22.9 Å². The van der Waals surface area contributed by atoms with Crippen LogP contribution in [0.2, 0.25) is 4.34 Å². The van der Waals surface area contributed by atoms with Crippen LogP contribution in [0.4, 0.5) is 10.5 Å². The van der Waals surface area contributed by atoms with Crippen LogP contribution in [0.25, 0.3) is 6.08 Å². The standard InChI is InChI=1S/C33H29ClN2O5S/c1-20-8-6-12-23(18-20)35-33(40)36-25(15-14-21-9-4-3-5-10-21)29(31(37)26-16-17-27(34)42-26)28(30(36)32(38)39)22-11-7-13-24(19-22)41-2/h3-19,25,28-30H,1-2H3,(H,35,40)(H,38,39). The normalized spacial score (nSPS) is 20.0. The number of ether oxygens (including phenoxy) is 1. The van der Waals surface area contributed by atoms with Crippen LogP contribution in [0.3, 0.4) is 0 Å². The van der Waals surface area contributed by atoms with Crippen LogP contribution < -0.4 is 10.1 Å². The highest BCUT2D eigenvalue weighted by Crippen LogP contribution is 2.46. The second-order valence-electron chi connectivity index (χ2n) is 10.0. The number of anilines is 1. The average Bonchev–Trinajstić information content (AvgIpc) is 3.58. The number of aliphatic carboxylic acids is 1. The number of amides is 2. The fraction of sp³-hybridized carbons (Fsp3) is 0.182. The van der Waals surface area contributed by atoms with Gasteiger partial charge in [-0.15, -0.1) is 11.3 Å². The summed E-state index contributed by atoms with van der Waals surface area (Å²) < 4.78 is 5.88. The molecule has 7 nitrogen and oxygen atoms in total. The van der Waals surface area contributed by atoms with Gasteiger partial charge in [-0.1, -0.05) is 78.4 Å². The lowest BCUT2D eigenvalue weighted by molar-refractivity contribution is -0.141. The minimum absolute atomic E-state index is 0.292. The van der Waals surface area contributed by atoms with Gasteiger partial charge in [-0.3, -0.25) is 4.79 Å². The number of carboxylic acids is 1. The van der Waals surface area contributed by atoms with Crippen molar-refractivity contribution in [2.24, 2.45) is 5.92 Å². The molecular weight excluding hydrogens is 572 g/mol. The molecule has 1 fully saturated rings. The molecule has 42 heavy (non-hydrogen) atoms. The number of aryl methyl sites for hydroxylation is 1. The Morgan fingerprint density at radius 3 is 2.40 bits per heavy atom. The number of thiophene rings is 1. The third-order valence-corrected chi connectivity index (χ3v) is 8.60. The molecule has 2 N–H and O–H groups in total. The number of methoxy groups -OCH3 is 1. The van der Waals surface area contributed by atoms with Gasteiger partial charge in [-0.2, -0.15) is 0 Å². The van der Waals surface area contributed by atoms with Crippen molar-refractivity contribution in [2.45, 2.75) is 24.9 Å². The molecule has 2 amide bonds. The number of nitrogens with zero attached hydrogens (tertiary/aromatic N) is 1. The molecule has 1 aliphatic heterocycles. The van der Waals surface area contributed by atoms with Crippen molar-refractivity contribution in [3.8, 4) is 5.75 Å². The summed E-state index contributed by atoms with van der Waals surface area (Å²) in [5.74, 6) is -2.82. The molecule has 9 heteroatoms. The Morgan fingerprint density at radius 1 is 0.976 bits per heavy atom. The Morgan fingerprint density at radius 2 is 1.74 bits per heavy atom. The maximum atomic E-state index is 14.3. The van der Waals surface area contributed by atoms with Crippen LogP contribution in [0.15, 0.2) is 97.1 Å². The highest BCUT2D eigenvalue weighted by Gasteiger charge is 2.56. The van der Waals surface area contributed by atoms with Gasteiger partial charge in [0.1, 0.15) is 11.8 Å². The smallest absolute Gasteiger partial charge is 0.327 e. The average molecular weight is 601 g/mol. The number of likely N-dealkylation sites (tertiary alicyclic amines) is 1. The molecular formula is C33H29ClN2O5S. The summed E-state index contributed by atoms with van der Waals surface area (Å²) in [5, 5.41) is 13.5. The van der Waals surface area contributed by atoms with E-state index in [4.69, 9.17) is 16.3 Å². The highest BCUT2D eigenvalue weighted by atomic mass is 35.5. The van der Waals surface area contributed by atoms with E-state index in [0.717, 1.165) is 22.5 Å². The first-order valence-corrected chi connectivity index (χ1v) is 14.5. The lowest BCUT2D eigenvalue weighted by atomic mass is 9.78. The number of Topliss-reactive ketones (excluding diaryl/α,β-unsaturated/α-hetero) is 1. The number of carboxylic acid groups (broad SMARTS) is 1. The molecule has 214 valence electrons. The van der Waals surface area contributed by atoms with Crippen molar-refractivity contribution in [2.75, 3.05) is 12.4 Å². The number of carbonyl (C=O) groups is 3. The van der Waals surface area contributed by atoms with Crippen LogP contribution in [-0.2, 0) is 4.79 Å². The Labute approximate surface area is 253 Å². The third kappa shape index (κ3) is 6.10. The summed E-state index contributed by atoms with van der Waals surface area (Å²) in [4.78, 5) is 43.1. The molecule has 4 aromatic rings. The van der Waals surface area contributed by atoms with Crippen LogP contribution in [0.5, 0.6) is 5.75 Å². The molecule has 3 aromatic carbocycles. The van der Waals surface area contributed by atoms with Gasteiger partial charge in [0, 0.05) is 11.6 Å². The number of carbonyl (C=O) groups excluding carboxylic acids is 2. The maximum Gasteiger partial charge on any atom is 0.327 e. The quantitative estimate of drug-likeness (QED) is 0.206. The van der Waals surface area contributed by atoms with E-state index in [1.807, 2.05) is 55.5 Å². The molecule has 1 aliphatic rings. The van der Waals surface area contributed by atoms with E-state index in [0.29, 0.717) is 26.2 Å². The minimum atomic E-state index is -1.36. The largest absolute Gasteiger partial charge is 0.497 e. The summed E-state index contributed by atoms with van der Waals surface area (Å²) in [6.07, 6.45) is 3.56. The predicted octanol–water partition coefficient (Wildman–Crippen LogP) is 7.38. The number of rotatable bonds is 8. The van der Waals surface area contributed by atoms with Crippen molar-refractivity contribution in [3.63, 3.8) is 0 Å². The van der Waals surface area contributed by atoms with Crippen molar-refractivity contribution >= 4 is 52.5 Å². The minimum Gasteiger partial charge on any atom is -0.497 e. The lowest BCUT2D eigenvalue weighted by Crippen LogP contribution is -2.48. The zero-order chi connectivity index (χ0) is 29.8. The van der Waals surface area contributed by atoms with Gasteiger partial charge in [-0.25, -0.2) is 9.59 Å². The van der Waals surface area contributed by atoms with Crippen LogP contribution in [0, 0.1) is 12.8 Å². The number of hydrogen-bond donors (Lipinski definition) is 2. The van der Waals surface area contributed by atoms with E-state index in [-0.39, 0.29) is 5.78 Å². The second-order valence-corrected chi connectivity index (χ2v) is 11.8. The summed E-state index contributed by atoms with van der Waals surface area (Å²) in [7, 11) is 1.52. The molecule has 0 bridgehead atoms. The molecule has 1 aromatic heterocycles. The van der Waals surface area contributed by atoms with E-state index in [2.05, 4.69) is 5.32 Å². The highest BCUT2D eigenvalue weighted by molar-refractivity contribution is 7.18. The number of urea groups is 1. The fourth-order valence-corrected chi connectivity index (χ4v) is 6.57. The Kier molecular flexibility index (Phi) is 8.75. The summed E-state index contributed by atoms with van der Waals surface area (Å²) in [6.45, 7) is 1.90. The van der Waals surface area contributed by atoms with Crippen LogP contribution in [-0.4, -0.2) is 47.0 Å². The number of hydrogen-bond acceptors (Lipinski definition) is 5. The molecule has 1 saturated heterocycles. The molecule has 0 spiro atoms. The molecule has 4 atom stereocenters. The number of nitrogens with one attached hydrogen (secondary N) is 1. The van der Waals surface area contributed by atoms with Crippen molar-refractivity contribution in [3.05, 3.63) is 123 Å². The van der Waals surface area contributed by atoms with Gasteiger partial charge in [0.15, 0.2) is 5.78 Å². The molecule has 4 unspecified atom stereocenters. The Hall–Kier alpha value is -4.40. The zero-order valence-corrected chi connectivity index (χ0v) is 24.5. The van der Waals surface area contributed by atoms with E-state index in [1.54, 1.807) is 54.6 Å². The van der Waals surface area contributed by atoms with Gasteiger partial charge in [0.05, 0.1) is 28.3 Å². The zero-order valence-electron chi connectivity index (χ0n) is 22.9. The SMILES string of the molecule is COc1cccc(C2C(C(=O)c3ccc(Cl)s3)C(C=Cc3ccccc3)N(C(=O)Nc3cccc(C)c3)C2C(=O)O)c1. The van der Waals surface area contributed by atoms with Crippen molar-refractivity contribution in [1.29, 1.82) is 0 Å². The van der Waals surface area contributed by atoms with Gasteiger partial charge in [0.2, 0.25) is 0 Å². The summed E-state index contributed by atoms with van der Waals surface area (Å²) in [6, 6.07) is 24.1. The van der Waals surface area contributed by atoms with Crippen molar-refractivity contribution in [1.82, 2.24) is 4.90 Å². The first-order chi connectivity index (χ1) is 20.3. The molecule has 0 radical (unpaired) electrons. The van der Waals surface area contributed by atoms with Gasteiger partial charge < -0.3 is 20.1 Å². The predicted molar refractivity (Wildman–Crippen MR) is 166 cm³/mol. The first-order valence-electron chi connectivity index (χ1n) is 13.3. The van der Waals surface area contributed by atoms with E-state index in [9.17, 15) is 19.5 Å². The Balaban J connectivity index is 1.69. The summed E-state index contributed by atoms with van der Waals surface area (Å²) in [5.41, 5.74) is 2.87. The number of halogens is 1. The van der Waals surface area contributed by atoms with E-state index < -0.39 is 35.9 Å². The number of benzene rings is 3. The molecule has 0 aliphatic carbocycles. The second kappa shape index (κ2) is 12.6. The van der Waals surface area contributed by atoms with E-state index in [1.165, 1.54) is 12.0 Å². The van der Waals surface area contributed by atoms with Gasteiger partial charge >= 0.3 is 12.0 Å². The third-order valence-electron chi connectivity index (χ3n) is 7.36. The number of ketones is 1. The van der Waals surface area contributed by atoms with Crippen molar-refractivity contribution < 1.29 is 24.2 Å². The summed E-state index contributed by atoms with van der Waals surface area (Å²) >= 11 is 7.34. The molecule has 0 saturated carbocycles. The Bertz CT molecular complexity index is 1640. The van der Waals surface area contributed by atoms with Gasteiger partial charge in [0.25, 0.3) is 0 Å². The lowest BCUT2D eigenvalue weighted by Gasteiger charge is -2.28. The maximum absolute atomic E-state index is 14.3. The topological polar surface area (TPSA) is 95.9 Å². The fourth-order valence-electron chi connectivity index (χ4n) is 5.54.